The van der Waals surface area contributed by atoms with Gasteiger partial charge in [0, 0.05) is 21.5 Å². The predicted octanol–water partition coefficient (Wildman–Crippen LogP) is 6.97. The van der Waals surface area contributed by atoms with E-state index in [9.17, 15) is 9.90 Å². The molecule has 7 rings (SSSR count). The third-order valence-corrected chi connectivity index (χ3v) is 6.66. The summed E-state index contributed by atoms with van der Waals surface area (Å²) in [6, 6.07) is 35.9. The van der Waals surface area contributed by atoms with Crippen LogP contribution in [0, 0.1) is 0 Å². The Kier molecular flexibility index (Phi) is 4.08. The molecule has 0 saturated carbocycles. The summed E-state index contributed by atoms with van der Waals surface area (Å²) in [5, 5.41) is 14.4. The zero-order valence-electron chi connectivity index (χ0n) is 18.6. The maximum absolute atomic E-state index is 12.3. The van der Waals surface area contributed by atoms with Gasteiger partial charge in [0.05, 0.1) is 27.6 Å². The molecule has 7 aromatic rings. The van der Waals surface area contributed by atoms with Crippen molar-refractivity contribution >= 4 is 49.6 Å². The molecular weight excluding hydrogens is 434 g/mol. The van der Waals surface area contributed by atoms with Crippen molar-refractivity contribution < 1.29 is 9.90 Å². The number of carbonyl (C=O) groups is 1. The van der Waals surface area contributed by atoms with Crippen molar-refractivity contribution in [3.05, 3.63) is 115 Å². The summed E-state index contributed by atoms with van der Waals surface area (Å²) < 4.78 is 4.10. The number of fused-ring (bicyclic) bond motifs is 6. The first-order valence-corrected chi connectivity index (χ1v) is 11.4. The molecule has 3 aromatic heterocycles. The van der Waals surface area contributed by atoms with Crippen LogP contribution >= 0.6 is 0 Å². The molecule has 4 aromatic carbocycles. The van der Waals surface area contributed by atoms with E-state index in [0.717, 1.165) is 43.6 Å². The number of pyridine rings is 1. The highest BCUT2D eigenvalue weighted by Crippen LogP contribution is 2.34. The first-order valence-electron chi connectivity index (χ1n) is 11.4. The highest BCUT2D eigenvalue weighted by Gasteiger charge is 2.19. The highest BCUT2D eigenvalue weighted by molar-refractivity contribution is 6.10. The van der Waals surface area contributed by atoms with E-state index in [2.05, 4.69) is 33.4 Å². The molecule has 0 aliphatic heterocycles. The fourth-order valence-electron chi connectivity index (χ4n) is 5.19. The third kappa shape index (κ3) is 2.82. The Morgan fingerprint density at radius 3 is 1.17 bits per heavy atom. The van der Waals surface area contributed by atoms with E-state index in [1.807, 2.05) is 72.8 Å². The Balaban J connectivity index is 1.61. The number of aromatic nitrogens is 3. The molecule has 166 valence electrons. The van der Waals surface area contributed by atoms with Crippen molar-refractivity contribution in [3.8, 4) is 11.6 Å². The van der Waals surface area contributed by atoms with Gasteiger partial charge in [-0.2, -0.15) is 0 Å². The van der Waals surface area contributed by atoms with Crippen LogP contribution in [0.5, 0.6) is 0 Å². The van der Waals surface area contributed by atoms with Crippen molar-refractivity contribution in [3.63, 3.8) is 0 Å². The lowest BCUT2D eigenvalue weighted by Gasteiger charge is -2.13. The minimum absolute atomic E-state index is 0.189. The van der Waals surface area contributed by atoms with Crippen LogP contribution in [0.1, 0.15) is 10.4 Å². The molecule has 0 saturated heterocycles. The van der Waals surface area contributed by atoms with Crippen molar-refractivity contribution in [2.24, 2.45) is 0 Å². The summed E-state index contributed by atoms with van der Waals surface area (Å²) in [4.78, 5) is 17.3. The summed E-state index contributed by atoms with van der Waals surface area (Å²) in [5.41, 5.74) is 4.12. The summed E-state index contributed by atoms with van der Waals surface area (Å²) in [7, 11) is 0. The second-order valence-corrected chi connectivity index (χ2v) is 8.62. The first kappa shape index (κ1) is 19.6. The fraction of sp³-hybridized carbons (Fsp3) is 0. The lowest BCUT2D eigenvalue weighted by atomic mass is 10.2. The molecule has 3 heterocycles. The van der Waals surface area contributed by atoms with Crippen molar-refractivity contribution in [2.75, 3.05) is 0 Å². The van der Waals surface area contributed by atoms with E-state index in [1.54, 1.807) is 12.1 Å². The van der Waals surface area contributed by atoms with Crippen LogP contribution in [-0.2, 0) is 0 Å². The van der Waals surface area contributed by atoms with Crippen molar-refractivity contribution in [1.29, 1.82) is 0 Å². The average Bonchev–Trinajstić information content (AvgIpc) is 3.42. The van der Waals surface area contributed by atoms with E-state index < -0.39 is 5.97 Å². The smallest absolute Gasteiger partial charge is 0.335 e. The van der Waals surface area contributed by atoms with Gasteiger partial charge in [0.15, 0.2) is 0 Å². The van der Waals surface area contributed by atoms with Gasteiger partial charge in [0.1, 0.15) is 11.6 Å². The number of benzene rings is 4. The van der Waals surface area contributed by atoms with Crippen LogP contribution in [0.4, 0.5) is 0 Å². The standard InChI is InChI=1S/C30H19N3O2/c34-30(35)19-17-28(32-24-13-5-1-9-20(24)21-10-2-6-14-25(21)32)31-29(18-19)33-26-15-7-3-11-22(26)23-12-4-8-16-27(23)33/h1-18H,(H,34,35). The number of carboxylic acid groups (broad SMARTS) is 1. The highest BCUT2D eigenvalue weighted by atomic mass is 16.4. The van der Waals surface area contributed by atoms with Gasteiger partial charge in [-0.3, -0.25) is 9.13 Å². The lowest BCUT2D eigenvalue weighted by molar-refractivity contribution is 0.0696. The monoisotopic (exact) mass is 453 g/mol. The largest absolute Gasteiger partial charge is 0.478 e. The van der Waals surface area contributed by atoms with Crippen LogP contribution in [0.25, 0.3) is 55.2 Å². The molecular formula is C30H19N3O2. The average molecular weight is 454 g/mol. The normalized spacial score (nSPS) is 11.7. The minimum Gasteiger partial charge on any atom is -0.478 e. The lowest BCUT2D eigenvalue weighted by Crippen LogP contribution is -2.07. The molecule has 0 bridgehead atoms. The third-order valence-electron chi connectivity index (χ3n) is 6.66. The molecule has 0 unspecified atom stereocenters. The summed E-state index contributed by atoms with van der Waals surface area (Å²) in [5.74, 6) is 0.148. The second-order valence-electron chi connectivity index (χ2n) is 8.62. The van der Waals surface area contributed by atoms with Gasteiger partial charge in [-0.05, 0) is 36.4 Å². The minimum atomic E-state index is -0.989. The van der Waals surface area contributed by atoms with E-state index in [0.29, 0.717) is 11.6 Å². The predicted molar refractivity (Wildman–Crippen MR) is 140 cm³/mol. The number of rotatable bonds is 3. The second kappa shape index (κ2) is 7.30. The Hall–Kier alpha value is -4.90. The zero-order chi connectivity index (χ0) is 23.5. The molecule has 0 aliphatic carbocycles. The topological polar surface area (TPSA) is 60.0 Å². The van der Waals surface area contributed by atoms with E-state index >= 15 is 0 Å². The van der Waals surface area contributed by atoms with Gasteiger partial charge < -0.3 is 5.11 Å². The van der Waals surface area contributed by atoms with Gasteiger partial charge >= 0.3 is 5.97 Å². The van der Waals surface area contributed by atoms with Gasteiger partial charge in [0.25, 0.3) is 0 Å². The van der Waals surface area contributed by atoms with Crippen molar-refractivity contribution in [2.45, 2.75) is 0 Å². The number of carboxylic acids is 1. The maximum atomic E-state index is 12.3. The Bertz CT molecular complexity index is 1710. The number of aromatic carboxylic acids is 1. The number of nitrogens with zero attached hydrogens (tertiary/aromatic N) is 3. The van der Waals surface area contributed by atoms with Crippen LogP contribution in [0.15, 0.2) is 109 Å². The zero-order valence-corrected chi connectivity index (χ0v) is 18.6. The molecule has 0 fully saturated rings. The Labute approximate surface area is 200 Å². The van der Waals surface area contributed by atoms with Gasteiger partial charge in [-0.15, -0.1) is 0 Å². The molecule has 1 N–H and O–H groups in total. The van der Waals surface area contributed by atoms with Crippen LogP contribution < -0.4 is 0 Å². The maximum Gasteiger partial charge on any atom is 0.335 e. The Morgan fingerprint density at radius 1 is 0.543 bits per heavy atom. The number of para-hydroxylation sites is 4. The van der Waals surface area contributed by atoms with E-state index in [4.69, 9.17) is 4.98 Å². The van der Waals surface area contributed by atoms with Crippen LogP contribution in [-0.4, -0.2) is 25.2 Å². The van der Waals surface area contributed by atoms with E-state index in [-0.39, 0.29) is 5.56 Å². The molecule has 5 heteroatoms. The fourth-order valence-corrected chi connectivity index (χ4v) is 5.19. The molecule has 0 spiro atoms. The quantitative estimate of drug-likeness (QED) is 0.314. The van der Waals surface area contributed by atoms with Crippen LogP contribution in [0.3, 0.4) is 0 Å². The van der Waals surface area contributed by atoms with Crippen LogP contribution in [0.2, 0.25) is 0 Å². The molecule has 35 heavy (non-hydrogen) atoms. The summed E-state index contributed by atoms with van der Waals surface area (Å²) in [6.45, 7) is 0. The SMILES string of the molecule is O=C(O)c1cc(-n2c3ccccc3c3ccccc32)nc(-n2c3ccccc3c3ccccc32)c1. The van der Waals surface area contributed by atoms with Gasteiger partial charge in [-0.1, -0.05) is 72.8 Å². The first-order chi connectivity index (χ1) is 17.2. The number of hydrogen-bond acceptors (Lipinski definition) is 2. The van der Waals surface area contributed by atoms with E-state index in [1.165, 1.54) is 0 Å². The molecule has 0 aliphatic rings. The molecule has 5 nitrogen and oxygen atoms in total. The molecule has 0 atom stereocenters. The van der Waals surface area contributed by atoms with Gasteiger partial charge in [0.2, 0.25) is 0 Å². The van der Waals surface area contributed by atoms with Gasteiger partial charge in [-0.25, -0.2) is 9.78 Å². The van der Waals surface area contributed by atoms with Crippen molar-refractivity contribution in [1.82, 2.24) is 14.1 Å². The summed E-state index contributed by atoms with van der Waals surface area (Å²) >= 11 is 0. The summed E-state index contributed by atoms with van der Waals surface area (Å²) in [6.07, 6.45) is 0. The molecule has 0 amide bonds. The Morgan fingerprint density at radius 2 is 0.857 bits per heavy atom. The number of hydrogen-bond donors (Lipinski definition) is 1. The molecule has 0 radical (unpaired) electrons.